The van der Waals surface area contributed by atoms with Crippen molar-refractivity contribution >= 4 is 5.69 Å². The molecule has 0 saturated heterocycles. The second kappa shape index (κ2) is 5.49. The number of hydrogen-bond acceptors (Lipinski definition) is 2. The van der Waals surface area contributed by atoms with Crippen LogP contribution in [0.25, 0.3) is 11.1 Å². The lowest BCUT2D eigenvalue weighted by molar-refractivity contribution is 0.302. The Morgan fingerprint density at radius 2 is 1.81 bits per heavy atom. The first-order chi connectivity index (χ1) is 10.2. The largest absolute Gasteiger partial charge is 0.488 e. The Labute approximate surface area is 125 Å². The highest BCUT2D eigenvalue weighted by atomic mass is 16.5. The van der Waals surface area contributed by atoms with Crippen molar-refractivity contribution in [1.29, 1.82) is 0 Å². The number of anilines is 1. The van der Waals surface area contributed by atoms with E-state index in [9.17, 15) is 0 Å². The van der Waals surface area contributed by atoms with Gasteiger partial charge in [0, 0.05) is 11.3 Å². The number of hydrogen-bond donors (Lipinski definition) is 1. The van der Waals surface area contributed by atoms with Crippen LogP contribution in [-0.2, 0) is 19.4 Å². The fraction of sp³-hybridized carbons (Fsp3) is 0.158. The van der Waals surface area contributed by atoms with E-state index in [1.807, 2.05) is 18.2 Å². The summed E-state index contributed by atoms with van der Waals surface area (Å²) < 4.78 is 5.88. The first-order valence-corrected chi connectivity index (χ1v) is 7.12. The van der Waals surface area contributed by atoms with E-state index >= 15 is 0 Å². The maximum atomic E-state index is 6.28. The van der Waals surface area contributed by atoms with E-state index in [0.29, 0.717) is 6.61 Å². The van der Waals surface area contributed by atoms with Crippen molar-refractivity contribution < 1.29 is 4.74 Å². The number of rotatable bonds is 4. The molecule has 0 atom stereocenters. The third kappa shape index (κ3) is 2.45. The van der Waals surface area contributed by atoms with Gasteiger partial charge in [-0.05, 0) is 47.2 Å². The zero-order valence-electron chi connectivity index (χ0n) is 12.1. The third-order valence-electron chi connectivity index (χ3n) is 3.78. The lowest BCUT2D eigenvalue weighted by Gasteiger charge is -2.23. The van der Waals surface area contributed by atoms with Gasteiger partial charge < -0.3 is 10.5 Å². The highest BCUT2D eigenvalue weighted by Crippen LogP contribution is 2.42. The van der Waals surface area contributed by atoms with Crippen LogP contribution in [0.15, 0.2) is 55.6 Å². The first-order valence-electron chi connectivity index (χ1n) is 7.12. The molecule has 0 saturated carbocycles. The highest BCUT2D eigenvalue weighted by molar-refractivity contribution is 5.86. The minimum absolute atomic E-state index is 0.591. The summed E-state index contributed by atoms with van der Waals surface area (Å²) in [7, 11) is 0. The molecular formula is C19H19NO. The van der Waals surface area contributed by atoms with Gasteiger partial charge >= 0.3 is 0 Å². The van der Waals surface area contributed by atoms with Crippen LogP contribution in [0.5, 0.6) is 5.75 Å². The summed E-state index contributed by atoms with van der Waals surface area (Å²) in [5.74, 6) is 0.870. The van der Waals surface area contributed by atoms with E-state index < -0.39 is 0 Å². The Hall–Kier alpha value is -2.48. The molecular weight excluding hydrogens is 258 g/mol. The van der Waals surface area contributed by atoms with Crippen molar-refractivity contribution in [2.75, 3.05) is 5.73 Å². The normalized spacial score (nSPS) is 12.0. The molecule has 3 rings (SSSR count). The van der Waals surface area contributed by atoms with Gasteiger partial charge in [-0.2, -0.15) is 0 Å². The van der Waals surface area contributed by atoms with E-state index in [1.54, 1.807) is 0 Å². The molecule has 2 aromatic carbocycles. The lowest BCUT2D eigenvalue weighted by Crippen LogP contribution is -2.08. The van der Waals surface area contributed by atoms with Crippen molar-refractivity contribution in [3.63, 3.8) is 0 Å². The van der Waals surface area contributed by atoms with Crippen molar-refractivity contribution in [3.05, 3.63) is 72.3 Å². The zero-order valence-corrected chi connectivity index (χ0v) is 12.1. The Bertz CT molecular complexity index is 716. The van der Waals surface area contributed by atoms with E-state index in [0.717, 1.165) is 35.4 Å². The fourth-order valence-corrected chi connectivity index (χ4v) is 2.81. The van der Waals surface area contributed by atoms with Crippen LogP contribution in [0.2, 0.25) is 0 Å². The Morgan fingerprint density at radius 3 is 2.57 bits per heavy atom. The number of fused-ring (bicyclic) bond motifs is 3. The molecule has 1 aliphatic heterocycles. The van der Waals surface area contributed by atoms with Gasteiger partial charge in [0.2, 0.25) is 0 Å². The summed E-state index contributed by atoms with van der Waals surface area (Å²) in [5, 5.41) is 0. The lowest BCUT2D eigenvalue weighted by atomic mass is 9.91. The Morgan fingerprint density at radius 1 is 1.05 bits per heavy atom. The number of allylic oxidation sites excluding steroid dienone is 2. The van der Waals surface area contributed by atoms with Crippen molar-refractivity contribution in [1.82, 2.24) is 0 Å². The molecule has 1 heterocycles. The second-order valence-electron chi connectivity index (χ2n) is 5.32. The number of benzene rings is 2. The molecule has 0 aliphatic carbocycles. The molecule has 2 nitrogen and oxygen atoms in total. The van der Waals surface area contributed by atoms with Crippen molar-refractivity contribution in [2.24, 2.45) is 0 Å². The average Bonchev–Trinajstić information content (AvgIpc) is 2.47. The minimum atomic E-state index is 0.591. The Kier molecular flexibility index (Phi) is 3.53. The van der Waals surface area contributed by atoms with Gasteiger partial charge in [-0.15, -0.1) is 13.2 Å². The van der Waals surface area contributed by atoms with Gasteiger partial charge in [0.25, 0.3) is 0 Å². The second-order valence-corrected chi connectivity index (χ2v) is 5.32. The van der Waals surface area contributed by atoms with Crippen LogP contribution in [0, 0.1) is 0 Å². The predicted octanol–water partition coefficient (Wildman–Crippen LogP) is 4.29. The minimum Gasteiger partial charge on any atom is -0.488 e. The molecule has 1 aliphatic rings. The molecule has 0 amide bonds. The van der Waals surface area contributed by atoms with Gasteiger partial charge in [0.15, 0.2) is 0 Å². The quantitative estimate of drug-likeness (QED) is 0.668. The van der Waals surface area contributed by atoms with Crippen molar-refractivity contribution in [3.8, 4) is 16.9 Å². The molecule has 0 unspecified atom stereocenters. The smallest absolute Gasteiger partial charge is 0.130 e. The van der Waals surface area contributed by atoms with Gasteiger partial charge in [0.1, 0.15) is 12.4 Å². The molecule has 0 aromatic heterocycles. The van der Waals surface area contributed by atoms with Gasteiger partial charge in [-0.25, -0.2) is 0 Å². The van der Waals surface area contributed by atoms with Crippen LogP contribution < -0.4 is 10.5 Å². The zero-order chi connectivity index (χ0) is 14.8. The number of ether oxygens (including phenoxy) is 1. The molecule has 21 heavy (non-hydrogen) atoms. The molecule has 2 heteroatoms. The van der Waals surface area contributed by atoms with Crippen LogP contribution in [0.3, 0.4) is 0 Å². The monoisotopic (exact) mass is 277 g/mol. The maximum absolute atomic E-state index is 6.28. The highest BCUT2D eigenvalue weighted by Gasteiger charge is 2.20. The standard InChI is InChI=1S/C19H19NO/c1-3-5-13-7-8-15-12-21-18-11-14(6-4-2)10-17(20)19(18)16(15)9-13/h3-4,7-11H,1-2,5-6,12,20H2. The van der Waals surface area contributed by atoms with E-state index in [1.165, 1.54) is 16.7 Å². The van der Waals surface area contributed by atoms with Crippen LogP contribution in [0.1, 0.15) is 16.7 Å². The first kappa shape index (κ1) is 13.5. The van der Waals surface area contributed by atoms with E-state index in [-0.39, 0.29) is 0 Å². The molecule has 0 spiro atoms. The summed E-state index contributed by atoms with van der Waals surface area (Å²) in [6.07, 6.45) is 5.45. The molecule has 0 bridgehead atoms. The molecule has 2 N–H and O–H groups in total. The van der Waals surface area contributed by atoms with E-state index in [4.69, 9.17) is 10.5 Å². The van der Waals surface area contributed by atoms with Crippen LogP contribution >= 0.6 is 0 Å². The summed E-state index contributed by atoms with van der Waals surface area (Å²) in [6, 6.07) is 10.5. The maximum Gasteiger partial charge on any atom is 0.130 e. The summed E-state index contributed by atoms with van der Waals surface area (Å²) >= 11 is 0. The Balaban J connectivity index is 2.14. The number of nitrogens with two attached hydrogens (primary N) is 1. The summed E-state index contributed by atoms with van der Waals surface area (Å²) in [4.78, 5) is 0. The van der Waals surface area contributed by atoms with Crippen LogP contribution in [-0.4, -0.2) is 0 Å². The predicted molar refractivity (Wildman–Crippen MR) is 88.4 cm³/mol. The molecule has 0 fully saturated rings. The average molecular weight is 277 g/mol. The SMILES string of the molecule is C=CCc1cc(N)c2c(c1)OCc1ccc(CC=C)cc1-2. The fourth-order valence-electron chi connectivity index (χ4n) is 2.81. The summed E-state index contributed by atoms with van der Waals surface area (Å²) in [5.41, 5.74) is 12.8. The van der Waals surface area contributed by atoms with Gasteiger partial charge in [-0.3, -0.25) is 0 Å². The topological polar surface area (TPSA) is 35.2 Å². The van der Waals surface area contributed by atoms with E-state index in [2.05, 4.69) is 37.4 Å². The van der Waals surface area contributed by atoms with Gasteiger partial charge in [-0.1, -0.05) is 30.4 Å². The number of nitrogen functional groups attached to an aromatic ring is 1. The van der Waals surface area contributed by atoms with Gasteiger partial charge in [0.05, 0.1) is 0 Å². The summed E-state index contributed by atoms with van der Waals surface area (Å²) in [6.45, 7) is 8.17. The molecule has 106 valence electrons. The van der Waals surface area contributed by atoms with Crippen LogP contribution in [0.4, 0.5) is 5.69 Å². The third-order valence-corrected chi connectivity index (χ3v) is 3.78. The van der Waals surface area contributed by atoms with Crippen molar-refractivity contribution in [2.45, 2.75) is 19.4 Å². The molecule has 0 radical (unpaired) electrons. The molecule has 2 aromatic rings.